The summed E-state index contributed by atoms with van der Waals surface area (Å²) in [5.41, 5.74) is 1.06. The van der Waals surface area contributed by atoms with Gasteiger partial charge in [0.1, 0.15) is 29.4 Å². The van der Waals surface area contributed by atoms with E-state index >= 15 is 8.78 Å². The minimum Gasteiger partial charge on any atom is -0.442 e. The van der Waals surface area contributed by atoms with Crippen molar-refractivity contribution in [3.05, 3.63) is 72.0 Å². The van der Waals surface area contributed by atoms with Gasteiger partial charge in [0, 0.05) is 6.92 Å². The highest BCUT2D eigenvalue weighted by Crippen LogP contribution is 2.34. The summed E-state index contributed by atoms with van der Waals surface area (Å²) in [5.74, 6) is -2.77. The zero-order chi connectivity index (χ0) is 24.7. The molecule has 3 aromatic carbocycles. The second-order valence-corrected chi connectivity index (χ2v) is 8.06. The summed E-state index contributed by atoms with van der Waals surface area (Å²) in [6.07, 6.45) is -1.52. The van der Waals surface area contributed by atoms with Crippen LogP contribution in [0.15, 0.2) is 54.6 Å². The number of nitrogens with zero attached hydrogens (tertiary/aromatic N) is 3. The van der Waals surface area contributed by atoms with Crippen molar-refractivity contribution in [3.8, 4) is 22.5 Å². The maximum absolute atomic E-state index is 15.0. The molecule has 0 bridgehead atoms. The topological polar surface area (TPSA) is 89.4 Å². The molecule has 7 nitrogen and oxygen atoms in total. The number of carbonyl (C=O) groups excluding carboxylic acids is 2. The summed E-state index contributed by atoms with van der Waals surface area (Å²) in [6, 6.07) is 13.0. The standard InChI is InChI=1S/C25H18F3N4O3/c1-13(33)29-11-16-12-32(25(34)35-16)15-9-19(27)23(20(28)10-15)14-6-7-17(18(26)8-14)24-30-21-4-2-3-5-22(21)31-24/h2-10,16H,11-12H2,1H3,(H,30,31)/t16-/m0/s1. The van der Waals surface area contributed by atoms with E-state index in [1.807, 2.05) is 12.1 Å². The molecule has 35 heavy (non-hydrogen) atoms. The Labute approximate surface area is 197 Å². The lowest BCUT2D eigenvalue weighted by Crippen LogP contribution is -2.29. The summed E-state index contributed by atoms with van der Waals surface area (Å²) in [5, 5.41) is 3.67. The first-order valence-electron chi connectivity index (χ1n) is 10.7. The second kappa shape index (κ2) is 8.79. The molecule has 177 valence electrons. The SMILES string of the molecule is CC(=O)[N]C[C@H]1CN(c2cc(F)c(-c3ccc(-c4nc5ccccc5[nH]4)c(F)c3)c(F)c2)C(=O)O1. The number of rotatable bonds is 5. The van der Waals surface area contributed by atoms with Gasteiger partial charge in [-0.05, 0) is 42.0 Å². The predicted molar refractivity (Wildman–Crippen MR) is 122 cm³/mol. The van der Waals surface area contributed by atoms with Crippen molar-refractivity contribution in [1.29, 1.82) is 0 Å². The molecular formula is C25H18F3N4O3. The lowest BCUT2D eigenvalue weighted by atomic mass is 10.0. The average Bonchev–Trinajstić information content (AvgIpc) is 3.40. The highest BCUT2D eigenvalue weighted by Gasteiger charge is 2.34. The van der Waals surface area contributed by atoms with Crippen LogP contribution in [0.2, 0.25) is 0 Å². The smallest absolute Gasteiger partial charge is 0.414 e. The molecule has 1 aromatic heterocycles. The number of anilines is 1. The van der Waals surface area contributed by atoms with E-state index in [2.05, 4.69) is 15.3 Å². The molecule has 4 aromatic rings. The van der Waals surface area contributed by atoms with Gasteiger partial charge < -0.3 is 9.72 Å². The lowest BCUT2D eigenvalue weighted by molar-refractivity contribution is -0.119. The number of aromatic nitrogens is 2. The number of benzene rings is 3. The minimum absolute atomic E-state index is 0.00829. The third-order valence-corrected chi connectivity index (χ3v) is 5.63. The van der Waals surface area contributed by atoms with Crippen molar-refractivity contribution >= 4 is 28.7 Å². The predicted octanol–water partition coefficient (Wildman–Crippen LogP) is 4.79. The molecule has 1 atom stereocenters. The van der Waals surface area contributed by atoms with E-state index in [-0.39, 0.29) is 29.9 Å². The number of cyclic esters (lactones) is 1. The quantitative estimate of drug-likeness (QED) is 0.446. The largest absolute Gasteiger partial charge is 0.442 e. The summed E-state index contributed by atoms with van der Waals surface area (Å²) in [4.78, 5) is 31.6. The molecule has 1 aliphatic heterocycles. The number of imidazole rings is 1. The van der Waals surface area contributed by atoms with Crippen LogP contribution in [0.5, 0.6) is 0 Å². The Morgan fingerprint density at radius 2 is 1.86 bits per heavy atom. The zero-order valence-corrected chi connectivity index (χ0v) is 18.4. The van der Waals surface area contributed by atoms with E-state index in [1.165, 1.54) is 19.1 Å². The Morgan fingerprint density at radius 3 is 2.54 bits per heavy atom. The molecule has 1 aliphatic rings. The van der Waals surface area contributed by atoms with Crippen molar-refractivity contribution in [2.45, 2.75) is 13.0 Å². The number of carbonyl (C=O) groups is 2. The van der Waals surface area contributed by atoms with E-state index in [0.717, 1.165) is 28.6 Å². The van der Waals surface area contributed by atoms with E-state index in [9.17, 15) is 14.0 Å². The van der Waals surface area contributed by atoms with Crippen LogP contribution in [0.4, 0.5) is 23.7 Å². The molecule has 1 radical (unpaired) electrons. The minimum atomic E-state index is -0.972. The third-order valence-electron chi connectivity index (χ3n) is 5.63. The normalized spacial score (nSPS) is 15.5. The van der Waals surface area contributed by atoms with Crippen LogP contribution >= 0.6 is 0 Å². The number of H-pyrrole nitrogens is 1. The van der Waals surface area contributed by atoms with E-state index in [1.54, 1.807) is 12.1 Å². The molecular weight excluding hydrogens is 461 g/mol. The summed E-state index contributed by atoms with van der Waals surface area (Å²) in [6.45, 7) is 1.20. The van der Waals surface area contributed by atoms with Crippen molar-refractivity contribution in [3.63, 3.8) is 0 Å². The van der Waals surface area contributed by atoms with Gasteiger partial charge in [0.25, 0.3) is 0 Å². The second-order valence-electron chi connectivity index (χ2n) is 8.06. The number of aromatic amines is 1. The molecule has 2 heterocycles. The fraction of sp³-hybridized carbons (Fsp3) is 0.160. The summed E-state index contributed by atoms with van der Waals surface area (Å²) in [7, 11) is 0. The summed E-state index contributed by atoms with van der Waals surface area (Å²) < 4.78 is 50.1. The van der Waals surface area contributed by atoms with Crippen LogP contribution in [-0.2, 0) is 9.53 Å². The maximum Gasteiger partial charge on any atom is 0.414 e. The first-order chi connectivity index (χ1) is 16.8. The molecule has 2 amide bonds. The van der Waals surface area contributed by atoms with Gasteiger partial charge in [0.05, 0.1) is 40.9 Å². The van der Waals surface area contributed by atoms with Gasteiger partial charge in [-0.1, -0.05) is 18.2 Å². The highest BCUT2D eigenvalue weighted by atomic mass is 19.1. The van der Waals surface area contributed by atoms with Gasteiger partial charge in [-0.15, -0.1) is 0 Å². The van der Waals surface area contributed by atoms with Crippen LogP contribution < -0.4 is 10.2 Å². The molecule has 0 unspecified atom stereocenters. The molecule has 0 saturated carbocycles. The number of hydrogen-bond acceptors (Lipinski definition) is 4. The fourth-order valence-electron chi connectivity index (χ4n) is 3.99. The number of amides is 2. The van der Waals surface area contributed by atoms with Crippen LogP contribution in [0.1, 0.15) is 6.92 Å². The van der Waals surface area contributed by atoms with Crippen molar-refractivity contribution in [2.75, 3.05) is 18.0 Å². The third kappa shape index (κ3) is 4.30. The fourth-order valence-corrected chi connectivity index (χ4v) is 3.99. The van der Waals surface area contributed by atoms with Crippen molar-refractivity contribution < 1.29 is 27.5 Å². The molecule has 0 spiro atoms. The first kappa shape index (κ1) is 22.5. The van der Waals surface area contributed by atoms with Crippen LogP contribution in [-0.4, -0.2) is 41.2 Å². The number of fused-ring (bicyclic) bond motifs is 1. The van der Waals surface area contributed by atoms with Gasteiger partial charge in [-0.2, -0.15) is 0 Å². The number of ether oxygens (including phenoxy) is 1. The van der Waals surface area contributed by atoms with Crippen LogP contribution in [0, 0.1) is 17.5 Å². The Hall–Kier alpha value is -4.34. The van der Waals surface area contributed by atoms with E-state index in [4.69, 9.17) is 4.74 Å². The molecule has 1 fully saturated rings. The van der Waals surface area contributed by atoms with Gasteiger partial charge >= 0.3 is 6.09 Å². The number of halogens is 3. The Kier molecular flexibility index (Phi) is 5.64. The Bertz CT molecular complexity index is 1410. The van der Waals surface area contributed by atoms with Crippen molar-refractivity contribution in [1.82, 2.24) is 15.3 Å². The molecule has 0 aliphatic carbocycles. The Morgan fingerprint density at radius 1 is 1.11 bits per heavy atom. The number of hydrogen-bond donors (Lipinski definition) is 1. The van der Waals surface area contributed by atoms with Crippen molar-refractivity contribution in [2.24, 2.45) is 0 Å². The number of para-hydroxylation sites is 2. The molecule has 10 heteroatoms. The molecule has 5 rings (SSSR count). The molecule has 1 N–H and O–H groups in total. The van der Waals surface area contributed by atoms with Crippen LogP contribution in [0.3, 0.4) is 0 Å². The summed E-state index contributed by atoms with van der Waals surface area (Å²) >= 11 is 0. The first-order valence-corrected chi connectivity index (χ1v) is 10.7. The maximum atomic E-state index is 15.0. The Balaban J connectivity index is 1.42. The zero-order valence-electron chi connectivity index (χ0n) is 18.4. The monoisotopic (exact) mass is 479 g/mol. The van der Waals surface area contributed by atoms with Crippen LogP contribution in [0.25, 0.3) is 33.5 Å². The van der Waals surface area contributed by atoms with E-state index < -0.39 is 41.1 Å². The highest BCUT2D eigenvalue weighted by molar-refractivity contribution is 5.90. The lowest BCUT2D eigenvalue weighted by Gasteiger charge is -2.15. The van der Waals surface area contributed by atoms with Gasteiger partial charge in [-0.3, -0.25) is 9.69 Å². The van der Waals surface area contributed by atoms with Gasteiger partial charge in [-0.25, -0.2) is 28.3 Å². The molecule has 1 saturated heterocycles. The number of nitrogens with one attached hydrogen (secondary N) is 1. The van der Waals surface area contributed by atoms with Gasteiger partial charge in [0.2, 0.25) is 5.91 Å². The van der Waals surface area contributed by atoms with Gasteiger partial charge in [0.15, 0.2) is 0 Å². The average molecular weight is 479 g/mol. The van der Waals surface area contributed by atoms with E-state index in [0.29, 0.717) is 11.3 Å².